The van der Waals surface area contributed by atoms with Crippen molar-refractivity contribution in [1.29, 1.82) is 0 Å². The monoisotopic (exact) mass is 495 g/mol. The van der Waals surface area contributed by atoms with E-state index in [1.54, 1.807) is 0 Å². The molecule has 2 atom stereocenters. The Bertz CT molecular complexity index is 419. The van der Waals surface area contributed by atoms with Crippen molar-refractivity contribution < 1.29 is 9.53 Å². The molecule has 0 aliphatic heterocycles. The van der Waals surface area contributed by atoms with Gasteiger partial charge in [0.05, 0.1) is 5.92 Å². The van der Waals surface area contributed by atoms with Gasteiger partial charge in [0.1, 0.15) is 6.10 Å². The fraction of sp³-hybridized carbons (Fsp3) is 0.970. The fourth-order valence-corrected chi connectivity index (χ4v) is 5.26. The van der Waals surface area contributed by atoms with E-state index in [0.717, 1.165) is 32.1 Å². The first-order valence-electron chi connectivity index (χ1n) is 16.4. The molecule has 2 heteroatoms. The van der Waals surface area contributed by atoms with E-state index < -0.39 is 0 Å². The molecule has 0 aromatic carbocycles. The van der Waals surface area contributed by atoms with Gasteiger partial charge in [0.25, 0.3) is 0 Å². The van der Waals surface area contributed by atoms with Crippen molar-refractivity contribution in [3.8, 4) is 0 Å². The standard InChI is InChI=1S/C33H66O2/c1-5-9-12-15-18-19-20-23-26-30-32(29-25-22-17-14-11-7-3)35-33(34)31(27-8-4)28-24-21-16-13-10-6-2/h31-32H,5-30H2,1-4H3. The first-order valence-corrected chi connectivity index (χ1v) is 16.4. The van der Waals surface area contributed by atoms with Crippen LogP contribution in [0.5, 0.6) is 0 Å². The van der Waals surface area contributed by atoms with Crippen molar-refractivity contribution in [2.24, 2.45) is 5.92 Å². The van der Waals surface area contributed by atoms with E-state index in [0.29, 0.717) is 0 Å². The Morgan fingerprint density at radius 3 is 1.14 bits per heavy atom. The van der Waals surface area contributed by atoms with Crippen LogP contribution in [0.2, 0.25) is 0 Å². The molecular weight excluding hydrogens is 428 g/mol. The predicted molar refractivity (Wildman–Crippen MR) is 156 cm³/mol. The Morgan fingerprint density at radius 2 is 0.771 bits per heavy atom. The second-order valence-electron chi connectivity index (χ2n) is 11.3. The van der Waals surface area contributed by atoms with Crippen LogP contribution in [-0.2, 0) is 9.53 Å². The molecule has 35 heavy (non-hydrogen) atoms. The molecule has 0 heterocycles. The first-order chi connectivity index (χ1) is 17.2. The number of carbonyl (C=O) groups excluding carboxylic acids is 1. The number of carbonyl (C=O) groups is 1. The minimum absolute atomic E-state index is 0.118. The molecule has 0 saturated carbocycles. The number of hydrogen-bond acceptors (Lipinski definition) is 2. The van der Waals surface area contributed by atoms with Gasteiger partial charge in [-0.3, -0.25) is 4.79 Å². The summed E-state index contributed by atoms with van der Waals surface area (Å²) in [6.45, 7) is 9.04. The zero-order valence-corrected chi connectivity index (χ0v) is 24.9. The Hall–Kier alpha value is -0.530. The molecule has 0 aliphatic rings. The molecule has 0 spiro atoms. The topological polar surface area (TPSA) is 26.3 Å². The van der Waals surface area contributed by atoms with E-state index in [1.807, 2.05) is 0 Å². The molecule has 0 aromatic rings. The van der Waals surface area contributed by atoms with Gasteiger partial charge < -0.3 is 4.74 Å². The normalized spacial score (nSPS) is 13.1. The number of rotatable bonds is 28. The molecule has 0 amide bonds. The fourth-order valence-electron chi connectivity index (χ4n) is 5.26. The Morgan fingerprint density at radius 1 is 0.429 bits per heavy atom. The quantitative estimate of drug-likeness (QED) is 0.0798. The summed E-state index contributed by atoms with van der Waals surface area (Å²) in [6.07, 6.45) is 33.2. The molecular formula is C33H66O2. The minimum atomic E-state index is 0.118. The number of ether oxygens (including phenoxy) is 1. The van der Waals surface area contributed by atoms with Gasteiger partial charge in [0, 0.05) is 0 Å². The lowest BCUT2D eigenvalue weighted by atomic mass is 9.95. The van der Waals surface area contributed by atoms with Crippen molar-refractivity contribution in [1.82, 2.24) is 0 Å². The summed E-state index contributed by atoms with van der Waals surface area (Å²) in [5.41, 5.74) is 0. The van der Waals surface area contributed by atoms with Gasteiger partial charge in [-0.25, -0.2) is 0 Å². The highest BCUT2D eigenvalue weighted by atomic mass is 16.5. The smallest absolute Gasteiger partial charge is 0.309 e. The Labute approximate surface area is 222 Å². The molecule has 0 saturated heterocycles. The maximum Gasteiger partial charge on any atom is 0.309 e. The maximum atomic E-state index is 13.1. The van der Waals surface area contributed by atoms with Crippen LogP contribution in [0.4, 0.5) is 0 Å². The lowest BCUT2D eigenvalue weighted by Gasteiger charge is -2.22. The summed E-state index contributed by atoms with van der Waals surface area (Å²) in [5, 5.41) is 0. The third kappa shape index (κ3) is 23.6. The highest BCUT2D eigenvalue weighted by Crippen LogP contribution is 2.23. The highest BCUT2D eigenvalue weighted by Gasteiger charge is 2.22. The number of unbranched alkanes of at least 4 members (excludes halogenated alkanes) is 18. The molecule has 0 aliphatic carbocycles. The summed E-state index contributed by atoms with van der Waals surface area (Å²) in [6, 6.07) is 0. The van der Waals surface area contributed by atoms with E-state index in [2.05, 4.69) is 27.7 Å². The molecule has 0 rings (SSSR count). The summed E-state index contributed by atoms with van der Waals surface area (Å²) >= 11 is 0. The second-order valence-corrected chi connectivity index (χ2v) is 11.3. The largest absolute Gasteiger partial charge is 0.462 e. The van der Waals surface area contributed by atoms with E-state index in [1.165, 1.54) is 135 Å². The SMILES string of the molecule is CCCCCCCCCCCC(CCCCCCCC)OC(=O)C(CCC)CCCCCCCC. The third-order valence-electron chi connectivity index (χ3n) is 7.67. The van der Waals surface area contributed by atoms with Crippen molar-refractivity contribution in [3.05, 3.63) is 0 Å². The van der Waals surface area contributed by atoms with Gasteiger partial charge in [0.15, 0.2) is 0 Å². The Kier molecular flexibility index (Phi) is 27.6. The van der Waals surface area contributed by atoms with Crippen molar-refractivity contribution in [2.75, 3.05) is 0 Å². The van der Waals surface area contributed by atoms with Gasteiger partial charge in [-0.15, -0.1) is 0 Å². The van der Waals surface area contributed by atoms with Crippen LogP contribution in [-0.4, -0.2) is 12.1 Å². The van der Waals surface area contributed by atoms with Crippen LogP contribution < -0.4 is 0 Å². The molecule has 210 valence electrons. The average molecular weight is 495 g/mol. The van der Waals surface area contributed by atoms with Gasteiger partial charge in [-0.05, 0) is 38.5 Å². The van der Waals surface area contributed by atoms with E-state index in [9.17, 15) is 4.79 Å². The van der Waals surface area contributed by atoms with Crippen LogP contribution in [0.3, 0.4) is 0 Å². The molecule has 0 fully saturated rings. The molecule has 2 nitrogen and oxygen atoms in total. The maximum absolute atomic E-state index is 13.1. The van der Waals surface area contributed by atoms with Crippen LogP contribution in [0.1, 0.15) is 195 Å². The number of esters is 1. The summed E-state index contributed by atoms with van der Waals surface area (Å²) in [7, 11) is 0. The van der Waals surface area contributed by atoms with E-state index in [-0.39, 0.29) is 18.0 Å². The second kappa shape index (κ2) is 28.0. The molecule has 0 radical (unpaired) electrons. The molecule has 0 bridgehead atoms. The van der Waals surface area contributed by atoms with Crippen LogP contribution in [0, 0.1) is 5.92 Å². The van der Waals surface area contributed by atoms with Crippen LogP contribution in [0.25, 0.3) is 0 Å². The molecule has 0 N–H and O–H groups in total. The van der Waals surface area contributed by atoms with Crippen molar-refractivity contribution >= 4 is 5.97 Å². The lowest BCUT2D eigenvalue weighted by molar-refractivity contribution is -0.155. The zero-order valence-electron chi connectivity index (χ0n) is 24.9. The first kappa shape index (κ1) is 34.5. The van der Waals surface area contributed by atoms with Gasteiger partial charge in [-0.2, -0.15) is 0 Å². The van der Waals surface area contributed by atoms with Gasteiger partial charge in [-0.1, -0.05) is 156 Å². The summed E-state index contributed by atoms with van der Waals surface area (Å²) < 4.78 is 6.22. The van der Waals surface area contributed by atoms with Crippen LogP contribution in [0.15, 0.2) is 0 Å². The van der Waals surface area contributed by atoms with Crippen molar-refractivity contribution in [3.63, 3.8) is 0 Å². The van der Waals surface area contributed by atoms with E-state index >= 15 is 0 Å². The predicted octanol–water partition coefficient (Wildman–Crippen LogP) is 11.7. The van der Waals surface area contributed by atoms with Crippen LogP contribution >= 0.6 is 0 Å². The average Bonchev–Trinajstić information content (AvgIpc) is 2.86. The van der Waals surface area contributed by atoms with Crippen molar-refractivity contribution in [2.45, 2.75) is 201 Å². The Balaban J connectivity index is 4.42. The number of hydrogen-bond donors (Lipinski definition) is 0. The third-order valence-corrected chi connectivity index (χ3v) is 7.67. The zero-order chi connectivity index (χ0) is 25.8. The summed E-state index contributed by atoms with van der Waals surface area (Å²) in [5.74, 6) is 0.244. The minimum Gasteiger partial charge on any atom is -0.462 e. The molecule has 2 unspecified atom stereocenters. The summed E-state index contributed by atoms with van der Waals surface area (Å²) in [4.78, 5) is 13.1. The molecule has 0 aromatic heterocycles. The van der Waals surface area contributed by atoms with E-state index in [4.69, 9.17) is 4.74 Å². The van der Waals surface area contributed by atoms with Gasteiger partial charge >= 0.3 is 5.97 Å². The lowest BCUT2D eigenvalue weighted by Crippen LogP contribution is -2.25. The van der Waals surface area contributed by atoms with Gasteiger partial charge in [0.2, 0.25) is 0 Å². The highest BCUT2D eigenvalue weighted by molar-refractivity contribution is 5.72.